The van der Waals surface area contributed by atoms with Crippen molar-refractivity contribution in [1.29, 1.82) is 0 Å². The minimum absolute atomic E-state index is 0.128. The monoisotopic (exact) mass is 275 g/mol. The lowest BCUT2D eigenvalue weighted by atomic mass is 10.2. The van der Waals surface area contributed by atoms with Crippen molar-refractivity contribution < 1.29 is 13.9 Å². The molecule has 1 aromatic carbocycles. The van der Waals surface area contributed by atoms with Gasteiger partial charge in [-0.25, -0.2) is 13.9 Å². The first-order valence-corrected chi connectivity index (χ1v) is 6.04. The molecule has 0 saturated carbocycles. The molecule has 0 atom stereocenters. The molecule has 0 aliphatic rings. The quantitative estimate of drug-likeness (QED) is 0.619. The molecular weight excluding hydrogens is 261 g/mol. The maximum absolute atomic E-state index is 12.8. The van der Waals surface area contributed by atoms with Gasteiger partial charge >= 0.3 is 5.97 Å². The molecule has 2 rings (SSSR count). The highest BCUT2D eigenvalue weighted by Gasteiger charge is 2.17. The molecule has 0 bridgehead atoms. The Kier molecular flexibility index (Phi) is 4.24. The molecule has 0 radical (unpaired) electrons. The van der Waals surface area contributed by atoms with E-state index in [1.54, 1.807) is 23.7 Å². The summed E-state index contributed by atoms with van der Waals surface area (Å²) in [6, 6.07) is 6.07. The van der Waals surface area contributed by atoms with Gasteiger partial charge < -0.3 is 4.74 Å². The first-order chi connectivity index (χ1) is 9.61. The molecule has 0 aliphatic heterocycles. The highest BCUT2D eigenvalue weighted by molar-refractivity contribution is 5.88. The van der Waals surface area contributed by atoms with Crippen LogP contribution in [-0.2, 0) is 11.3 Å². The summed E-state index contributed by atoms with van der Waals surface area (Å²) < 4.78 is 19.3. The molecule has 0 amide bonds. The van der Waals surface area contributed by atoms with Gasteiger partial charge in [0.1, 0.15) is 12.4 Å². The van der Waals surface area contributed by atoms with Gasteiger partial charge in [0.25, 0.3) is 0 Å². The summed E-state index contributed by atoms with van der Waals surface area (Å²) in [5, 5.41) is 7.72. The first-order valence-electron chi connectivity index (χ1n) is 6.04. The summed E-state index contributed by atoms with van der Waals surface area (Å²) in [6.45, 7) is 5.74. The summed E-state index contributed by atoms with van der Waals surface area (Å²) in [4.78, 5) is 11.7. The zero-order valence-corrected chi connectivity index (χ0v) is 11.0. The number of carbonyl (C=O) groups excluding carboxylic acids is 1. The molecule has 6 heteroatoms. The molecule has 0 fully saturated rings. The lowest BCUT2D eigenvalue weighted by molar-refractivity contribution is 0.0542. The highest BCUT2D eigenvalue weighted by atomic mass is 19.1. The molecule has 2 aromatic rings. The molecule has 1 aromatic heterocycles. The average molecular weight is 275 g/mol. The van der Waals surface area contributed by atoms with Crippen LogP contribution in [-0.4, -0.2) is 27.6 Å². The second-order valence-corrected chi connectivity index (χ2v) is 4.19. The Balaban J connectivity index is 2.14. The Morgan fingerprint density at radius 3 is 2.80 bits per heavy atom. The number of hydrogen-bond donors (Lipinski definition) is 0. The standard InChI is InChI=1S/C14H14FN3O2/c1-3-8-20-14(19)13-10(2)18(17-16-13)9-11-4-6-12(15)7-5-11/h3-7H,1,8-9H2,2H3. The third kappa shape index (κ3) is 3.09. The Morgan fingerprint density at radius 2 is 2.15 bits per heavy atom. The number of hydrogen-bond acceptors (Lipinski definition) is 4. The van der Waals surface area contributed by atoms with E-state index in [0.29, 0.717) is 12.2 Å². The van der Waals surface area contributed by atoms with E-state index in [1.807, 2.05) is 0 Å². The third-order valence-corrected chi connectivity index (χ3v) is 2.75. The SMILES string of the molecule is C=CCOC(=O)c1nnn(Cc2ccc(F)cc2)c1C. The van der Waals surface area contributed by atoms with E-state index in [2.05, 4.69) is 16.9 Å². The van der Waals surface area contributed by atoms with E-state index in [4.69, 9.17) is 4.74 Å². The normalized spacial score (nSPS) is 10.3. The second-order valence-electron chi connectivity index (χ2n) is 4.19. The van der Waals surface area contributed by atoms with Crippen LogP contribution in [0.3, 0.4) is 0 Å². The van der Waals surface area contributed by atoms with Gasteiger partial charge in [-0.05, 0) is 24.6 Å². The van der Waals surface area contributed by atoms with Gasteiger partial charge in [-0.15, -0.1) is 5.10 Å². The maximum atomic E-state index is 12.8. The Morgan fingerprint density at radius 1 is 1.45 bits per heavy atom. The van der Waals surface area contributed by atoms with E-state index in [1.165, 1.54) is 18.2 Å². The largest absolute Gasteiger partial charge is 0.457 e. The van der Waals surface area contributed by atoms with Crippen molar-refractivity contribution in [3.8, 4) is 0 Å². The summed E-state index contributed by atoms with van der Waals surface area (Å²) in [5.41, 5.74) is 1.64. The van der Waals surface area contributed by atoms with Gasteiger partial charge in [0, 0.05) is 0 Å². The van der Waals surface area contributed by atoms with Crippen molar-refractivity contribution in [1.82, 2.24) is 15.0 Å². The fourth-order valence-corrected chi connectivity index (χ4v) is 1.66. The Bertz CT molecular complexity index is 620. The first kappa shape index (κ1) is 13.9. The van der Waals surface area contributed by atoms with Gasteiger partial charge in [-0.2, -0.15) is 0 Å². The van der Waals surface area contributed by atoms with Gasteiger partial charge in [0.15, 0.2) is 5.69 Å². The van der Waals surface area contributed by atoms with Crippen LogP contribution < -0.4 is 0 Å². The Hall–Kier alpha value is -2.50. The van der Waals surface area contributed by atoms with Gasteiger partial charge in [0.2, 0.25) is 0 Å². The topological polar surface area (TPSA) is 57.0 Å². The van der Waals surface area contributed by atoms with E-state index in [-0.39, 0.29) is 18.1 Å². The van der Waals surface area contributed by atoms with Crippen LogP contribution in [0, 0.1) is 12.7 Å². The number of benzene rings is 1. The molecule has 1 heterocycles. The fraction of sp³-hybridized carbons (Fsp3) is 0.214. The van der Waals surface area contributed by atoms with Crippen molar-refractivity contribution in [2.75, 3.05) is 6.61 Å². The van der Waals surface area contributed by atoms with Gasteiger partial charge in [0.05, 0.1) is 12.2 Å². The van der Waals surface area contributed by atoms with Gasteiger partial charge in [-0.3, -0.25) is 0 Å². The molecule has 0 spiro atoms. The van der Waals surface area contributed by atoms with Crippen molar-refractivity contribution in [3.05, 3.63) is 59.7 Å². The molecule has 104 valence electrons. The van der Waals surface area contributed by atoms with E-state index in [0.717, 1.165) is 5.56 Å². The van der Waals surface area contributed by atoms with Crippen LogP contribution in [0.5, 0.6) is 0 Å². The molecule has 5 nitrogen and oxygen atoms in total. The van der Waals surface area contributed by atoms with Crippen LogP contribution in [0.25, 0.3) is 0 Å². The number of halogens is 1. The number of aromatic nitrogens is 3. The average Bonchev–Trinajstić information content (AvgIpc) is 2.80. The number of rotatable bonds is 5. The number of esters is 1. The van der Waals surface area contributed by atoms with E-state index >= 15 is 0 Å². The lowest BCUT2D eigenvalue weighted by Crippen LogP contribution is -2.09. The number of carbonyl (C=O) groups is 1. The summed E-state index contributed by atoms with van der Waals surface area (Å²) >= 11 is 0. The van der Waals surface area contributed by atoms with Crippen LogP contribution in [0.1, 0.15) is 21.7 Å². The van der Waals surface area contributed by atoms with Crippen molar-refractivity contribution in [3.63, 3.8) is 0 Å². The zero-order chi connectivity index (χ0) is 14.5. The Labute approximate surface area is 115 Å². The summed E-state index contributed by atoms with van der Waals surface area (Å²) in [6.07, 6.45) is 1.48. The van der Waals surface area contributed by atoms with Crippen LogP contribution in [0.15, 0.2) is 36.9 Å². The summed E-state index contributed by atoms with van der Waals surface area (Å²) in [5.74, 6) is -0.828. The van der Waals surface area contributed by atoms with E-state index < -0.39 is 5.97 Å². The van der Waals surface area contributed by atoms with Crippen molar-refractivity contribution >= 4 is 5.97 Å². The predicted molar refractivity (Wildman–Crippen MR) is 70.7 cm³/mol. The molecule has 0 aliphatic carbocycles. The lowest BCUT2D eigenvalue weighted by Gasteiger charge is -2.04. The molecule has 0 unspecified atom stereocenters. The minimum Gasteiger partial charge on any atom is -0.457 e. The zero-order valence-electron chi connectivity index (χ0n) is 11.0. The third-order valence-electron chi connectivity index (χ3n) is 2.75. The van der Waals surface area contributed by atoms with Crippen LogP contribution >= 0.6 is 0 Å². The second kappa shape index (κ2) is 6.10. The van der Waals surface area contributed by atoms with Crippen molar-refractivity contribution in [2.24, 2.45) is 0 Å². The summed E-state index contributed by atoms with van der Waals surface area (Å²) in [7, 11) is 0. The van der Waals surface area contributed by atoms with Crippen LogP contribution in [0.4, 0.5) is 4.39 Å². The minimum atomic E-state index is -0.534. The van der Waals surface area contributed by atoms with E-state index in [9.17, 15) is 9.18 Å². The smallest absolute Gasteiger partial charge is 0.361 e. The van der Waals surface area contributed by atoms with Gasteiger partial charge in [-0.1, -0.05) is 30.0 Å². The number of ether oxygens (including phenoxy) is 1. The highest BCUT2D eigenvalue weighted by Crippen LogP contribution is 2.10. The molecule has 20 heavy (non-hydrogen) atoms. The fourth-order valence-electron chi connectivity index (χ4n) is 1.66. The predicted octanol–water partition coefficient (Wildman–Crippen LogP) is 2.12. The van der Waals surface area contributed by atoms with Crippen molar-refractivity contribution in [2.45, 2.75) is 13.5 Å². The van der Waals surface area contributed by atoms with Crippen LogP contribution in [0.2, 0.25) is 0 Å². The molecule has 0 saturated heterocycles. The maximum Gasteiger partial charge on any atom is 0.361 e. The molecular formula is C14H14FN3O2. The number of nitrogens with zero attached hydrogens (tertiary/aromatic N) is 3. The molecule has 0 N–H and O–H groups in total.